The van der Waals surface area contributed by atoms with Gasteiger partial charge in [-0.05, 0) is 79.3 Å². The summed E-state index contributed by atoms with van der Waals surface area (Å²) in [5, 5.41) is 8.67. The number of aromatic nitrogens is 2. The number of rotatable bonds is 5. The van der Waals surface area contributed by atoms with Crippen LogP contribution in [0.25, 0.3) is 10.9 Å². The SMILES string of the molecule is C[C@@H]1CN(C(=NC2C[C@@H]3C[C@@H]([C@H]2C)C3(C)C)Nc2ccc3c(=O)n(C)c(COc4ccc(Cl)cc4Cl)nc3c2)CCN1. The monoisotopic (exact) mass is 610 g/mol. The molecule has 42 heavy (non-hydrogen) atoms. The van der Waals surface area contributed by atoms with Crippen LogP contribution in [0.3, 0.4) is 0 Å². The third kappa shape index (κ3) is 5.49. The lowest BCUT2D eigenvalue weighted by Crippen LogP contribution is -2.57. The van der Waals surface area contributed by atoms with Crippen LogP contribution in [-0.4, -0.2) is 52.1 Å². The van der Waals surface area contributed by atoms with Crippen LogP contribution in [0.1, 0.15) is 46.4 Å². The maximum absolute atomic E-state index is 13.2. The van der Waals surface area contributed by atoms with Crippen molar-refractivity contribution in [2.45, 2.75) is 59.2 Å². The maximum Gasteiger partial charge on any atom is 0.261 e. The fraction of sp³-hybridized carbons (Fsp3) is 0.531. The van der Waals surface area contributed by atoms with Crippen molar-refractivity contribution in [1.82, 2.24) is 19.8 Å². The van der Waals surface area contributed by atoms with Crippen molar-refractivity contribution in [3.63, 3.8) is 0 Å². The molecule has 8 nitrogen and oxygen atoms in total. The molecule has 2 aromatic carbocycles. The van der Waals surface area contributed by atoms with Gasteiger partial charge in [-0.1, -0.05) is 44.0 Å². The van der Waals surface area contributed by atoms with Gasteiger partial charge in [0.25, 0.3) is 5.56 Å². The molecule has 2 heterocycles. The highest BCUT2D eigenvalue weighted by Gasteiger charge is 2.56. The lowest BCUT2D eigenvalue weighted by molar-refractivity contribution is -0.108. The number of fused-ring (bicyclic) bond motifs is 3. The molecule has 224 valence electrons. The molecule has 2 N–H and O–H groups in total. The zero-order valence-electron chi connectivity index (χ0n) is 25.0. The molecule has 2 bridgehead atoms. The van der Waals surface area contributed by atoms with Crippen molar-refractivity contribution in [3.05, 3.63) is 62.6 Å². The topological polar surface area (TPSA) is 83.8 Å². The minimum Gasteiger partial charge on any atom is -0.484 e. The van der Waals surface area contributed by atoms with E-state index in [0.29, 0.717) is 55.9 Å². The molecule has 1 aliphatic heterocycles. The molecule has 0 spiro atoms. The summed E-state index contributed by atoms with van der Waals surface area (Å²) in [6, 6.07) is 11.4. The van der Waals surface area contributed by atoms with Gasteiger partial charge in [-0.2, -0.15) is 0 Å². The van der Waals surface area contributed by atoms with Gasteiger partial charge in [-0.3, -0.25) is 9.36 Å². The number of nitrogens with zero attached hydrogens (tertiary/aromatic N) is 4. The standard InChI is InChI=1S/C32H40Cl2N6O2/c1-18-16-40(11-10-35-18)31(38-26-13-20-12-24(19(26)2)32(20,3)4)36-22-7-8-23-27(15-22)37-29(39(5)30(23)41)17-42-28-9-6-21(33)14-25(28)34/h6-9,14-15,18-20,24,26,35H,10-13,16-17H2,1-5H3,(H,36,38)/t18-,19-,20+,24+,26?/m1/s1. The van der Waals surface area contributed by atoms with Crippen molar-refractivity contribution < 1.29 is 4.74 Å². The predicted molar refractivity (Wildman–Crippen MR) is 171 cm³/mol. The largest absolute Gasteiger partial charge is 0.484 e. The van der Waals surface area contributed by atoms with E-state index in [-0.39, 0.29) is 12.2 Å². The average Bonchev–Trinajstić information content (AvgIpc) is 2.95. The average molecular weight is 612 g/mol. The Balaban J connectivity index is 1.29. The Kier molecular flexibility index (Phi) is 7.92. The number of guanidine groups is 1. The lowest BCUT2D eigenvalue weighted by Gasteiger charge is -2.61. The first-order chi connectivity index (χ1) is 20.0. The smallest absolute Gasteiger partial charge is 0.261 e. The fourth-order valence-electron chi connectivity index (χ4n) is 7.16. The zero-order chi connectivity index (χ0) is 29.8. The van der Waals surface area contributed by atoms with E-state index in [9.17, 15) is 4.79 Å². The minimum atomic E-state index is -0.130. The second-order valence-electron chi connectivity index (χ2n) is 12.9. The molecule has 7 rings (SSSR count). The Bertz CT molecular complexity index is 1590. The van der Waals surface area contributed by atoms with E-state index >= 15 is 0 Å². The van der Waals surface area contributed by atoms with Crippen LogP contribution in [0.2, 0.25) is 10.0 Å². The third-order valence-corrected chi connectivity index (χ3v) is 10.5. The molecule has 1 saturated heterocycles. The summed E-state index contributed by atoms with van der Waals surface area (Å²) in [7, 11) is 1.70. The number of hydrogen-bond donors (Lipinski definition) is 2. The summed E-state index contributed by atoms with van der Waals surface area (Å²) in [4.78, 5) is 25.8. The lowest BCUT2D eigenvalue weighted by atomic mass is 9.45. The summed E-state index contributed by atoms with van der Waals surface area (Å²) < 4.78 is 7.43. The summed E-state index contributed by atoms with van der Waals surface area (Å²) in [6.45, 7) is 12.2. The Labute approximate surface area is 257 Å². The second-order valence-corrected chi connectivity index (χ2v) is 13.7. The van der Waals surface area contributed by atoms with Gasteiger partial charge >= 0.3 is 0 Å². The zero-order valence-corrected chi connectivity index (χ0v) is 26.5. The Hall–Kier alpha value is -2.81. The molecular weight excluding hydrogens is 571 g/mol. The van der Waals surface area contributed by atoms with E-state index in [1.54, 1.807) is 25.2 Å². The normalized spacial score (nSPS) is 27.1. The van der Waals surface area contributed by atoms with Gasteiger partial charge in [-0.15, -0.1) is 0 Å². The summed E-state index contributed by atoms with van der Waals surface area (Å²) in [5.41, 5.74) is 1.75. The Morgan fingerprint density at radius 1 is 1.19 bits per heavy atom. The number of piperazine rings is 1. The number of halogens is 2. The first kappa shape index (κ1) is 29.3. The highest BCUT2D eigenvalue weighted by molar-refractivity contribution is 6.35. The van der Waals surface area contributed by atoms with E-state index in [0.717, 1.165) is 49.5 Å². The molecule has 3 saturated carbocycles. The van der Waals surface area contributed by atoms with Gasteiger partial charge in [0.2, 0.25) is 0 Å². The molecular formula is C32H40Cl2N6O2. The Morgan fingerprint density at radius 3 is 2.71 bits per heavy atom. The third-order valence-electron chi connectivity index (χ3n) is 9.95. The van der Waals surface area contributed by atoms with Crippen LogP contribution in [0, 0.1) is 23.2 Å². The van der Waals surface area contributed by atoms with Crippen molar-refractivity contribution in [2.24, 2.45) is 35.2 Å². The minimum absolute atomic E-state index is 0.0876. The van der Waals surface area contributed by atoms with Crippen molar-refractivity contribution in [1.29, 1.82) is 0 Å². The van der Waals surface area contributed by atoms with Crippen molar-refractivity contribution >= 4 is 45.8 Å². The summed E-state index contributed by atoms with van der Waals surface area (Å²) in [5.74, 6) is 3.88. The van der Waals surface area contributed by atoms with Gasteiger partial charge < -0.3 is 20.3 Å². The Morgan fingerprint density at radius 2 is 2.00 bits per heavy atom. The van der Waals surface area contributed by atoms with Crippen molar-refractivity contribution in [2.75, 3.05) is 25.0 Å². The van der Waals surface area contributed by atoms with Crippen LogP contribution < -0.4 is 20.9 Å². The predicted octanol–water partition coefficient (Wildman–Crippen LogP) is 5.95. The fourth-order valence-corrected chi connectivity index (χ4v) is 7.62. The van der Waals surface area contributed by atoms with Gasteiger partial charge in [0.05, 0.1) is 22.0 Å². The maximum atomic E-state index is 13.2. The molecule has 0 radical (unpaired) electrons. The number of hydrogen-bond acceptors (Lipinski definition) is 5. The van der Waals surface area contributed by atoms with Gasteiger partial charge in [0.15, 0.2) is 5.96 Å². The molecule has 0 amide bonds. The molecule has 4 fully saturated rings. The molecule has 4 aliphatic rings. The van der Waals surface area contributed by atoms with Crippen LogP contribution in [0.15, 0.2) is 46.2 Å². The van der Waals surface area contributed by atoms with Crippen LogP contribution in [-0.2, 0) is 13.7 Å². The highest BCUT2D eigenvalue weighted by Crippen LogP contribution is 2.61. The number of aliphatic imine (C=N–C) groups is 1. The van der Waals surface area contributed by atoms with Gasteiger partial charge in [0, 0.05) is 43.4 Å². The quantitative estimate of drug-likeness (QED) is 0.274. The second kappa shape index (κ2) is 11.4. The number of ether oxygens (including phenoxy) is 1. The molecule has 1 aromatic heterocycles. The summed E-state index contributed by atoms with van der Waals surface area (Å²) >= 11 is 12.3. The first-order valence-corrected chi connectivity index (χ1v) is 15.7. The van der Waals surface area contributed by atoms with Crippen molar-refractivity contribution in [3.8, 4) is 5.75 Å². The number of anilines is 1. The van der Waals surface area contributed by atoms with E-state index in [1.165, 1.54) is 11.0 Å². The van der Waals surface area contributed by atoms with Crippen LogP contribution in [0.5, 0.6) is 5.75 Å². The molecule has 3 aliphatic carbocycles. The highest BCUT2D eigenvalue weighted by atomic mass is 35.5. The van der Waals surface area contributed by atoms with E-state index in [1.807, 2.05) is 18.2 Å². The molecule has 1 unspecified atom stereocenters. The first-order valence-electron chi connectivity index (χ1n) is 14.9. The van der Waals surface area contributed by atoms with E-state index in [4.69, 9.17) is 37.9 Å². The molecule has 10 heteroatoms. The molecule has 3 aromatic rings. The van der Waals surface area contributed by atoms with Gasteiger partial charge in [0.1, 0.15) is 18.2 Å². The van der Waals surface area contributed by atoms with Gasteiger partial charge in [-0.25, -0.2) is 9.98 Å². The summed E-state index contributed by atoms with van der Waals surface area (Å²) in [6.07, 6.45) is 2.46. The van der Waals surface area contributed by atoms with E-state index in [2.05, 4.69) is 43.2 Å². The number of benzene rings is 2. The van der Waals surface area contributed by atoms with E-state index < -0.39 is 0 Å². The number of nitrogens with one attached hydrogen (secondary N) is 2. The van der Waals surface area contributed by atoms with Crippen LogP contribution >= 0.6 is 23.2 Å². The molecule has 5 atom stereocenters. The van der Waals surface area contributed by atoms with Crippen LogP contribution in [0.4, 0.5) is 5.69 Å².